The van der Waals surface area contributed by atoms with Crippen LogP contribution in [0.3, 0.4) is 0 Å². The summed E-state index contributed by atoms with van der Waals surface area (Å²) in [6.07, 6.45) is 0.719. The van der Waals surface area contributed by atoms with Gasteiger partial charge in [-0.05, 0) is 31.2 Å². The highest BCUT2D eigenvalue weighted by Crippen LogP contribution is 2.35. The zero-order valence-corrected chi connectivity index (χ0v) is 18.7. The Morgan fingerprint density at radius 3 is 2.09 bits per heavy atom. The number of nitrogens with zero attached hydrogens (tertiary/aromatic N) is 2. The van der Waals surface area contributed by atoms with Crippen LogP contribution in [0, 0.1) is 0 Å². The maximum atomic E-state index is 15.3. The molecule has 1 aliphatic heterocycles. The van der Waals surface area contributed by atoms with E-state index in [1.165, 1.54) is 19.1 Å². The molecule has 0 saturated carbocycles. The van der Waals surface area contributed by atoms with Crippen molar-refractivity contribution in [3.63, 3.8) is 0 Å². The molecule has 13 heteroatoms. The monoisotopic (exact) mass is 482 g/mol. The van der Waals surface area contributed by atoms with Crippen molar-refractivity contribution in [3.05, 3.63) is 72.7 Å². The number of anilines is 2. The molecule has 172 valence electrons. The fourth-order valence-corrected chi connectivity index (χ4v) is 4.53. The first-order valence-corrected chi connectivity index (χ1v) is 12.7. The Balaban J connectivity index is 2.14. The van der Waals surface area contributed by atoms with Crippen molar-refractivity contribution >= 4 is 37.4 Å². The zero-order valence-electron chi connectivity index (χ0n) is 17.1. The maximum Gasteiger partial charge on any atom is 0.287 e. The average Bonchev–Trinajstić information content (AvgIpc) is 2.76. The predicted molar refractivity (Wildman–Crippen MR) is 122 cm³/mol. The first kappa shape index (κ1) is 23.7. The SMILES string of the molecule is CCS(=O)(=O)NCN1C(Nc2ccccc2)=NC=C(F)C1(Nc1ccccc1)S(N)(=O)=O. The third-order valence-electron chi connectivity index (χ3n) is 4.61. The van der Waals surface area contributed by atoms with Gasteiger partial charge < -0.3 is 10.6 Å². The molecule has 3 rings (SSSR count). The van der Waals surface area contributed by atoms with Gasteiger partial charge in [0.05, 0.1) is 18.6 Å². The lowest BCUT2D eigenvalue weighted by Crippen LogP contribution is -2.68. The van der Waals surface area contributed by atoms with E-state index in [0.717, 1.165) is 11.1 Å². The Hall–Kier alpha value is -3.00. The Morgan fingerprint density at radius 2 is 1.56 bits per heavy atom. The normalized spacial score (nSPS) is 19.2. The lowest BCUT2D eigenvalue weighted by atomic mass is 10.2. The van der Waals surface area contributed by atoms with Gasteiger partial charge in [0.2, 0.25) is 16.0 Å². The number of nitrogens with one attached hydrogen (secondary N) is 3. The average molecular weight is 483 g/mol. The van der Waals surface area contributed by atoms with E-state index in [-0.39, 0.29) is 17.4 Å². The number of hydrogen-bond donors (Lipinski definition) is 4. The van der Waals surface area contributed by atoms with E-state index in [1.54, 1.807) is 48.5 Å². The minimum Gasteiger partial charge on any atom is -0.343 e. The quantitative estimate of drug-likeness (QED) is 0.446. The smallest absolute Gasteiger partial charge is 0.287 e. The standard InChI is InChI=1S/C19H23FN6O4S2/c1-2-31(27,28)23-14-26-18(24-15-9-5-3-6-10-15)22-13-17(20)19(26,32(21,29)30)25-16-11-7-4-8-12-16/h3-13,23,25H,2,14H2,1H3,(H,22,24)(H2,21,29,30). The first-order chi connectivity index (χ1) is 15.1. The van der Waals surface area contributed by atoms with Gasteiger partial charge in [-0.15, -0.1) is 0 Å². The van der Waals surface area contributed by atoms with Crippen LogP contribution in [0.25, 0.3) is 0 Å². The van der Waals surface area contributed by atoms with Crippen molar-refractivity contribution in [1.29, 1.82) is 0 Å². The molecule has 2 aromatic carbocycles. The fourth-order valence-electron chi connectivity index (χ4n) is 2.96. The maximum absolute atomic E-state index is 15.3. The lowest BCUT2D eigenvalue weighted by Gasteiger charge is -2.44. The molecule has 0 saturated heterocycles. The van der Waals surface area contributed by atoms with Crippen molar-refractivity contribution in [1.82, 2.24) is 9.62 Å². The third-order valence-corrected chi connectivity index (χ3v) is 7.28. The fraction of sp³-hybridized carbons (Fsp3) is 0.211. The summed E-state index contributed by atoms with van der Waals surface area (Å²) < 4.78 is 67.5. The van der Waals surface area contributed by atoms with Gasteiger partial charge in [-0.25, -0.2) is 31.4 Å². The third kappa shape index (κ3) is 4.91. The van der Waals surface area contributed by atoms with Crippen molar-refractivity contribution in [2.75, 3.05) is 23.1 Å². The summed E-state index contributed by atoms with van der Waals surface area (Å²) in [7, 11) is -8.55. The van der Waals surface area contributed by atoms with E-state index in [0.29, 0.717) is 5.69 Å². The minimum atomic E-state index is -4.77. The summed E-state index contributed by atoms with van der Waals surface area (Å²) in [5.41, 5.74) is 0.739. The molecule has 1 unspecified atom stereocenters. The highest BCUT2D eigenvalue weighted by atomic mass is 32.2. The van der Waals surface area contributed by atoms with Crippen LogP contribution >= 0.6 is 0 Å². The van der Waals surface area contributed by atoms with E-state index < -0.39 is 37.5 Å². The predicted octanol–water partition coefficient (Wildman–Crippen LogP) is 1.53. The molecule has 32 heavy (non-hydrogen) atoms. The number of aliphatic imine (C=N–C) groups is 1. The van der Waals surface area contributed by atoms with Crippen LogP contribution in [0.15, 0.2) is 77.7 Å². The van der Waals surface area contributed by atoms with Crippen LogP contribution in [-0.4, -0.2) is 45.1 Å². The molecule has 1 heterocycles. The number of nitrogens with two attached hydrogens (primary N) is 1. The van der Waals surface area contributed by atoms with Gasteiger partial charge in [0.15, 0.2) is 5.83 Å². The Morgan fingerprint density at radius 1 is 1.00 bits per heavy atom. The number of benzene rings is 2. The number of halogens is 1. The van der Waals surface area contributed by atoms with Gasteiger partial charge in [0.1, 0.15) is 0 Å². The Kier molecular flexibility index (Phi) is 6.83. The molecule has 5 N–H and O–H groups in total. The summed E-state index contributed by atoms with van der Waals surface area (Å²) in [5, 5.41) is 11.0. The van der Waals surface area contributed by atoms with Gasteiger partial charge in [-0.3, -0.25) is 4.90 Å². The number of sulfonamides is 2. The summed E-state index contributed by atoms with van der Waals surface area (Å²) >= 11 is 0. The van der Waals surface area contributed by atoms with Gasteiger partial charge in [-0.2, -0.15) is 4.72 Å². The van der Waals surface area contributed by atoms with E-state index in [9.17, 15) is 16.8 Å². The molecule has 0 spiro atoms. The van der Waals surface area contributed by atoms with Crippen molar-refractivity contribution < 1.29 is 21.2 Å². The highest BCUT2D eigenvalue weighted by Gasteiger charge is 2.55. The molecular formula is C19H23FN6O4S2. The number of hydrogen-bond acceptors (Lipinski definition) is 8. The Bertz CT molecular complexity index is 1220. The number of primary sulfonamides is 1. The van der Waals surface area contributed by atoms with Crippen molar-refractivity contribution in [2.24, 2.45) is 10.1 Å². The summed E-state index contributed by atoms with van der Waals surface area (Å²) in [4.78, 5) is 2.17. The number of para-hydroxylation sites is 2. The zero-order chi connectivity index (χ0) is 23.4. The second kappa shape index (κ2) is 9.24. The van der Waals surface area contributed by atoms with Crippen LogP contribution in [0.4, 0.5) is 15.8 Å². The van der Waals surface area contributed by atoms with Gasteiger partial charge in [0, 0.05) is 11.4 Å². The molecule has 2 aromatic rings. The highest BCUT2D eigenvalue weighted by molar-refractivity contribution is 7.91. The molecule has 0 bridgehead atoms. The van der Waals surface area contributed by atoms with Crippen LogP contribution in [0.5, 0.6) is 0 Å². The molecular weight excluding hydrogens is 459 g/mol. The van der Waals surface area contributed by atoms with Crippen LogP contribution < -0.4 is 20.5 Å². The molecule has 0 amide bonds. The minimum absolute atomic E-state index is 0.145. The molecule has 1 atom stereocenters. The Labute approximate surface area is 186 Å². The largest absolute Gasteiger partial charge is 0.343 e. The van der Waals surface area contributed by atoms with Gasteiger partial charge >= 0.3 is 0 Å². The van der Waals surface area contributed by atoms with E-state index in [1.807, 2.05) is 0 Å². The molecule has 0 radical (unpaired) electrons. The molecule has 0 aromatic heterocycles. The topological polar surface area (TPSA) is 146 Å². The molecule has 10 nitrogen and oxygen atoms in total. The second-order valence-corrected chi connectivity index (χ2v) is 10.5. The molecule has 0 aliphatic carbocycles. The lowest BCUT2D eigenvalue weighted by molar-refractivity contribution is 0.273. The van der Waals surface area contributed by atoms with Gasteiger partial charge in [-0.1, -0.05) is 36.4 Å². The van der Waals surface area contributed by atoms with Crippen molar-refractivity contribution in [2.45, 2.75) is 11.9 Å². The summed E-state index contributed by atoms with van der Waals surface area (Å²) in [6.45, 7) is 0.762. The van der Waals surface area contributed by atoms with Crippen LogP contribution in [0.2, 0.25) is 0 Å². The second-order valence-electron chi connectivity index (χ2n) is 6.73. The van der Waals surface area contributed by atoms with Gasteiger partial charge in [0.25, 0.3) is 15.0 Å². The van der Waals surface area contributed by atoms with Crippen molar-refractivity contribution in [3.8, 4) is 0 Å². The number of guanidine groups is 1. The molecule has 1 aliphatic rings. The number of rotatable bonds is 8. The van der Waals surface area contributed by atoms with Crippen LogP contribution in [-0.2, 0) is 20.0 Å². The van der Waals surface area contributed by atoms with E-state index in [4.69, 9.17) is 5.14 Å². The summed E-state index contributed by atoms with van der Waals surface area (Å²) in [6, 6.07) is 16.5. The molecule has 0 fully saturated rings. The first-order valence-electron chi connectivity index (χ1n) is 9.45. The van der Waals surface area contributed by atoms with E-state index in [2.05, 4.69) is 20.3 Å². The van der Waals surface area contributed by atoms with E-state index >= 15 is 4.39 Å². The summed E-state index contributed by atoms with van der Waals surface area (Å²) in [5.74, 6) is -1.65. The van der Waals surface area contributed by atoms with Crippen LogP contribution in [0.1, 0.15) is 6.92 Å².